The Morgan fingerprint density at radius 3 is 2.65 bits per heavy atom. The van der Waals surface area contributed by atoms with Crippen molar-refractivity contribution in [2.45, 2.75) is 19.5 Å². The van der Waals surface area contributed by atoms with Crippen molar-refractivity contribution < 1.29 is 14.0 Å². The van der Waals surface area contributed by atoms with Crippen LogP contribution < -0.4 is 5.32 Å². The minimum Gasteiger partial charge on any atom is -0.334 e. The molecule has 1 aliphatic heterocycles. The van der Waals surface area contributed by atoms with Crippen LogP contribution in [0.25, 0.3) is 10.2 Å². The minimum atomic E-state index is -0.293. The lowest BCUT2D eigenvalue weighted by atomic mass is 10.1. The van der Waals surface area contributed by atoms with Crippen molar-refractivity contribution in [1.29, 1.82) is 0 Å². The first kappa shape index (κ1) is 22.2. The third-order valence-corrected chi connectivity index (χ3v) is 7.10. The molecule has 1 aliphatic rings. The zero-order chi connectivity index (χ0) is 23.7. The molecule has 0 aliphatic carbocycles. The van der Waals surface area contributed by atoms with E-state index in [9.17, 15) is 14.0 Å². The number of hydrogen-bond acceptors (Lipinski definition) is 3. The molecule has 34 heavy (non-hydrogen) atoms. The summed E-state index contributed by atoms with van der Waals surface area (Å²) in [4.78, 5) is 30.9. The van der Waals surface area contributed by atoms with Crippen molar-refractivity contribution in [1.82, 2.24) is 14.4 Å². The highest BCUT2D eigenvalue weighted by Crippen LogP contribution is 2.28. The van der Waals surface area contributed by atoms with Gasteiger partial charge in [0, 0.05) is 43.3 Å². The van der Waals surface area contributed by atoms with E-state index >= 15 is 0 Å². The number of halogens is 1. The second kappa shape index (κ2) is 9.30. The fourth-order valence-corrected chi connectivity index (χ4v) is 5.35. The van der Waals surface area contributed by atoms with E-state index in [0.717, 1.165) is 21.5 Å². The van der Waals surface area contributed by atoms with Gasteiger partial charge in [-0.2, -0.15) is 0 Å². The van der Waals surface area contributed by atoms with E-state index in [-0.39, 0.29) is 23.8 Å². The Morgan fingerprint density at radius 2 is 1.88 bits per heavy atom. The number of nitrogens with zero attached hydrogens (tertiary/aromatic N) is 3. The number of benzene rings is 2. The number of rotatable bonds is 4. The van der Waals surface area contributed by atoms with E-state index < -0.39 is 0 Å². The number of nitrogens with one attached hydrogen (secondary N) is 1. The molecule has 1 fully saturated rings. The van der Waals surface area contributed by atoms with Crippen LogP contribution in [0.5, 0.6) is 0 Å². The molecule has 3 amide bonds. The molecule has 0 spiro atoms. The number of anilines is 1. The molecular weight excluding hydrogens is 451 g/mol. The number of urea groups is 1. The SMILES string of the molecule is CC1CN(C(=O)c2cc3ccsc3n2Cc2cccc(F)c2)CCN1C(=O)Nc1ccccc1. The van der Waals surface area contributed by atoms with E-state index in [1.165, 1.54) is 12.1 Å². The van der Waals surface area contributed by atoms with Gasteiger partial charge in [-0.05, 0) is 54.3 Å². The Labute approximate surface area is 201 Å². The van der Waals surface area contributed by atoms with Gasteiger partial charge < -0.3 is 19.7 Å². The van der Waals surface area contributed by atoms with Crippen LogP contribution in [0.2, 0.25) is 0 Å². The maximum absolute atomic E-state index is 13.8. The molecule has 4 aromatic rings. The molecule has 1 saturated heterocycles. The van der Waals surface area contributed by atoms with E-state index in [1.807, 2.05) is 65.4 Å². The maximum atomic E-state index is 13.8. The summed E-state index contributed by atoms with van der Waals surface area (Å²) in [6.07, 6.45) is 0. The second-order valence-corrected chi connectivity index (χ2v) is 9.41. The van der Waals surface area contributed by atoms with Gasteiger partial charge in [-0.1, -0.05) is 30.3 Å². The zero-order valence-corrected chi connectivity index (χ0v) is 19.6. The number of aromatic nitrogens is 1. The minimum absolute atomic E-state index is 0.0743. The number of para-hydroxylation sites is 1. The number of carbonyl (C=O) groups is 2. The summed E-state index contributed by atoms with van der Waals surface area (Å²) in [5.41, 5.74) is 2.13. The van der Waals surface area contributed by atoms with Crippen molar-refractivity contribution in [3.05, 3.63) is 89.2 Å². The first-order valence-electron chi connectivity index (χ1n) is 11.2. The zero-order valence-electron chi connectivity index (χ0n) is 18.8. The van der Waals surface area contributed by atoms with Gasteiger partial charge in [0.15, 0.2) is 0 Å². The smallest absolute Gasteiger partial charge is 0.322 e. The van der Waals surface area contributed by atoms with Crippen LogP contribution in [0.15, 0.2) is 72.1 Å². The summed E-state index contributed by atoms with van der Waals surface area (Å²) in [6, 6.07) is 19.4. The highest BCUT2D eigenvalue weighted by Gasteiger charge is 2.32. The summed E-state index contributed by atoms with van der Waals surface area (Å²) >= 11 is 1.57. The molecule has 1 atom stereocenters. The first-order valence-corrected chi connectivity index (χ1v) is 12.1. The van der Waals surface area contributed by atoms with Gasteiger partial charge in [0.2, 0.25) is 0 Å². The average Bonchev–Trinajstić information content (AvgIpc) is 3.42. The molecule has 0 radical (unpaired) electrons. The molecule has 5 rings (SSSR count). The van der Waals surface area contributed by atoms with Crippen molar-refractivity contribution in [2.75, 3.05) is 25.0 Å². The van der Waals surface area contributed by atoms with Crippen LogP contribution in [0.1, 0.15) is 23.0 Å². The fraction of sp³-hybridized carbons (Fsp3) is 0.231. The van der Waals surface area contributed by atoms with Crippen LogP contribution in [0, 0.1) is 5.82 Å². The molecule has 1 unspecified atom stereocenters. The molecule has 2 aromatic carbocycles. The van der Waals surface area contributed by atoms with Crippen molar-refractivity contribution in [3.63, 3.8) is 0 Å². The molecule has 3 heterocycles. The number of amides is 3. The third kappa shape index (κ3) is 4.41. The number of hydrogen-bond donors (Lipinski definition) is 1. The van der Waals surface area contributed by atoms with Gasteiger partial charge in [-0.3, -0.25) is 4.79 Å². The van der Waals surface area contributed by atoms with Crippen molar-refractivity contribution in [3.8, 4) is 0 Å². The summed E-state index contributed by atoms with van der Waals surface area (Å²) in [7, 11) is 0. The summed E-state index contributed by atoms with van der Waals surface area (Å²) in [5.74, 6) is -0.367. The maximum Gasteiger partial charge on any atom is 0.322 e. The normalized spacial score (nSPS) is 16.1. The largest absolute Gasteiger partial charge is 0.334 e. The predicted octanol–water partition coefficient (Wildman–Crippen LogP) is 5.27. The number of piperazine rings is 1. The highest BCUT2D eigenvalue weighted by atomic mass is 32.1. The number of carbonyl (C=O) groups excluding carboxylic acids is 2. The van der Waals surface area contributed by atoms with Crippen LogP contribution in [-0.2, 0) is 6.54 Å². The molecular formula is C26H25FN4O2S. The topological polar surface area (TPSA) is 57.6 Å². The number of fused-ring (bicyclic) bond motifs is 1. The van der Waals surface area contributed by atoms with E-state index in [4.69, 9.17) is 0 Å². The van der Waals surface area contributed by atoms with Crippen LogP contribution >= 0.6 is 11.3 Å². The Balaban J connectivity index is 1.33. The van der Waals surface area contributed by atoms with E-state index in [2.05, 4.69) is 5.32 Å². The van der Waals surface area contributed by atoms with Gasteiger partial charge in [0.25, 0.3) is 5.91 Å². The lowest BCUT2D eigenvalue weighted by molar-refractivity contribution is 0.0583. The lowest BCUT2D eigenvalue weighted by Crippen LogP contribution is -2.56. The van der Waals surface area contributed by atoms with Gasteiger partial charge >= 0.3 is 6.03 Å². The molecule has 0 bridgehead atoms. The standard InChI is InChI=1S/C26H25FN4O2S/c1-18-16-29(11-12-30(18)26(33)28-22-8-3-2-4-9-22)24(32)23-15-20-10-13-34-25(20)31(23)17-19-6-5-7-21(27)14-19/h2-10,13-15,18H,11-12,16-17H2,1H3,(H,28,33). The fourth-order valence-electron chi connectivity index (χ4n) is 4.45. The highest BCUT2D eigenvalue weighted by molar-refractivity contribution is 7.16. The van der Waals surface area contributed by atoms with Gasteiger partial charge in [0.1, 0.15) is 16.3 Å². The summed E-state index contributed by atoms with van der Waals surface area (Å²) < 4.78 is 15.7. The summed E-state index contributed by atoms with van der Waals surface area (Å²) in [5, 5.41) is 5.92. The van der Waals surface area contributed by atoms with Crippen LogP contribution in [-0.4, -0.2) is 52.0 Å². The van der Waals surface area contributed by atoms with Crippen molar-refractivity contribution in [2.24, 2.45) is 0 Å². The quantitative estimate of drug-likeness (QED) is 0.436. The predicted molar refractivity (Wildman–Crippen MR) is 133 cm³/mol. The van der Waals surface area contributed by atoms with Gasteiger partial charge in [-0.15, -0.1) is 11.3 Å². The molecule has 6 nitrogen and oxygen atoms in total. The van der Waals surface area contributed by atoms with Gasteiger partial charge in [-0.25, -0.2) is 9.18 Å². The van der Waals surface area contributed by atoms with Crippen LogP contribution in [0.3, 0.4) is 0 Å². The van der Waals surface area contributed by atoms with E-state index in [0.29, 0.717) is 31.9 Å². The molecule has 8 heteroatoms. The molecule has 0 saturated carbocycles. The Bertz CT molecular complexity index is 1330. The molecule has 1 N–H and O–H groups in total. The first-order chi connectivity index (χ1) is 16.5. The Hall–Kier alpha value is -3.65. The average molecular weight is 477 g/mol. The van der Waals surface area contributed by atoms with Gasteiger partial charge in [0.05, 0.1) is 0 Å². The summed E-state index contributed by atoms with van der Waals surface area (Å²) in [6.45, 7) is 3.71. The monoisotopic (exact) mass is 476 g/mol. The Kier molecular flexibility index (Phi) is 6.06. The number of thiophene rings is 1. The molecule has 2 aromatic heterocycles. The lowest BCUT2D eigenvalue weighted by Gasteiger charge is -2.39. The third-order valence-electron chi connectivity index (χ3n) is 6.15. The Morgan fingerprint density at radius 1 is 1.06 bits per heavy atom. The second-order valence-electron chi connectivity index (χ2n) is 8.52. The molecule has 174 valence electrons. The van der Waals surface area contributed by atoms with E-state index in [1.54, 1.807) is 27.2 Å². The van der Waals surface area contributed by atoms with Crippen molar-refractivity contribution >= 4 is 39.2 Å². The van der Waals surface area contributed by atoms with Crippen LogP contribution in [0.4, 0.5) is 14.9 Å².